The first-order valence-corrected chi connectivity index (χ1v) is 7.88. The van der Waals surface area contributed by atoms with Gasteiger partial charge in [0.15, 0.2) is 0 Å². The highest BCUT2D eigenvalue weighted by molar-refractivity contribution is 5.81. The van der Waals surface area contributed by atoms with Crippen molar-refractivity contribution in [2.24, 2.45) is 5.92 Å². The highest BCUT2D eigenvalue weighted by atomic mass is 16.5. The van der Waals surface area contributed by atoms with Crippen LogP contribution in [-0.4, -0.2) is 18.5 Å². The maximum absolute atomic E-state index is 11.9. The molecule has 1 aliphatic heterocycles. The molecule has 2 atom stereocenters. The third-order valence-electron chi connectivity index (χ3n) is 3.93. The summed E-state index contributed by atoms with van der Waals surface area (Å²) in [6.07, 6.45) is 12.4. The van der Waals surface area contributed by atoms with Gasteiger partial charge in [-0.2, -0.15) is 0 Å². The van der Waals surface area contributed by atoms with E-state index in [2.05, 4.69) is 13.8 Å². The predicted molar refractivity (Wildman–Crippen MR) is 75.8 cm³/mol. The zero-order valence-electron chi connectivity index (χ0n) is 12.2. The second-order valence-electron chi connectivity index (χ2n) is 5.77. The SMILES string of the molecule is CCCCCCCCCCC(=O)C1COC(C)C1. The number of ketones is 1. The van der Waals surface area contributed by atoms with Gasteiger partial charge >= 0.3 is 0 Å². The summed E-state index contributed by atoms with van der Waals surface area (Å²) in [5.74, 6) is 0.634. The van der Waals surface area contributed by atoms with Crippen LogP contribution >= 0.6 is 0 Å². The molecule has 2 unspecified atom stereocenters. The summed E-state index contributed by atoms with van der Waals surface area (Å²) in [5, 5.41) is 0. The number of rotatable bonds is 10. The van der Waals surface area contributed by atoms with Gasteiger partial charge in [-0.3, -0.25) is 4.79 Å². The third kappa shape index (κ3) is 6.53. The van der Waals surface area contributed by atoms with E-state index in [0.717, 1.165) is 19.3 Å². The highest BCUT2D eigenvalue weighted by Gasteiger charge is 2.27. The average molecular weight is 254 g/mol. The quantitative estimate of drug-likeness (QED) is 0.536. The van der Waals surface area contributed by atoms with Gasteiger partial charge in [0.2, 0.25) is 0 Å². The molecule has 0 aromatic heterocycles. The van der Waals surface area contributed by atoms with Gasteiger partial charge < -0.3 is 4.74 Å². The zero-order valence-corrected chi connectivity index (χ0v) is 12.2. The topological polar surface area (TPSA) is 26.3 Å². The molecule has 0 aromatic rings. The first-order chi connectivity index (χ1) is 8.74. The van der Waals surface area contributed by atoms with Crippen molar-refractivity contribution in [1.82, 2.24) is 0 Å². The molecule has 106 valence electrons. The Balaban J connectivity index is 1.90. The van der Waals surface area contributed by atoms with E-state index in [9.17, 15) is 4.79 Å². The number of Topliss-reactive ketones (excluding diaryl/α,β-unsaturated/α-hetero) is 1. The molecule has 0 bridgehead atoms. The first-order valence-electron chi connectivity index (χ1n) is 7.88. The van der Waals surface area contributed by atoms with E-state index in [1.165, 1.54) is 44.9 Å². The minimum atomic E-state index is 0.199. The van der Waals surface area contributed by atoms with E-state index in [-0.39, 0.29) is 12.0 Å². The molecule has 1 fully saturated rings. The predicted octanol–water partition coefficient (Wildman–Crippen LogP) is 4.51. The standard InChI is InChI=1S/C16H30O2/c1-3-4-5-6-7-8-9-10-11-16(17)15-12-14(2)18-13-15/h14-15H,3-13H2,1-2H3. The van der Waals surface area contributed by atoms with Crippen LogP contribution in [0.1, 0.15) is 78.1 Å². The molecule has 0 N–H and O–H groups in total. The lowest BCUT2D eigenvalue weighted by atomic mass is 9.96. The Bertz CT molecular complexity index is 225. The Labute approximate surface area is 112 Å². The van der Waals surface area contributed by atoms with Gasteiger partial charge in [0.05, 0.1) is 12.7 Å². The van der Waals surface area contributed by atoms with Crippen LogP contribution in [-0.2, 0) is 9.53 Å². The highest BCUT2D eigenvalue weighted by Crippen LogP contribution is 2.22. The smallest absolute Gasteiger partial charge is 0.138 e. The molecule has 0 spiro atoms. The molecule has 0 amide bonds. The molecule has 0 radical (unpaired) electrons. The second kappa shape index (κ2) is 9.55. The van der Waals surface area contributed by atoms with Crippen LogP contribution < -0.4 is 0 Å². The Morgan fingerprint density at radius 2 is 1.67 bits per heavy atom. The number of carbonyl (C=O) groups excluding carboxylic acids is 1. The van der Waals surface area contributed by atoms with Gasteiger partial charge in [-0.15, -0.1) is 0 Å². The van der Waals surface area contributed by atoms with Crippen molar-refractivity contribution in [2.45, 2.75) is 84.2 Å². The summed E-state index contributed by atoms with van der Waals surface area (Å²) in [6, 6.07) is 0. The molecule has 1 rings (SSSR count). The molecule has 0 aromatic carbocycles. The lowest BCUT2D eigenvalue weighted by molar-refractivity contribution is -0.122. The molecule has 2 nitrogen and oxygen atoms in total. The summed E-state index contributed by atoms with van der Waals surface area (Å²) in [4.78, 5) is 11.9. The van der Waals surface area contributed by atoms with Gasteiger partial charge in [-0.25, -0.2) is 0 Å². The normalized spacial score (nSPS) is 23.4. The van der Waals surface area contributed by atoms with Crippen LogP contribution in [0.4, 0.5) is 0 Å². The van der Waals surface area contributed by atoms with Crippen molar-refractivity contribution in [3.8, 4) is 0 Å². The number of hydrogen-bond donors (Lipinski definition) is 0. The van der Waals surface area contributed by atoms with Crippen molar-refractivity contribution in [3.05, 3.63) is 0 Å². The van der Waals surface area contributed by atoms with Crippen LogP contribution in [0.2, 0.25) is 0 Å². The van der Waals surface area contributed by atoms with E-state index in [4.69, 9.17) is 4.74 Å². The van der Waals surface area contributed by atoms with Gasteiger partial charge in [0.1, 0.15) is 5.78 Å². The van der Waals surface area contributed by atoms with Gasteiger partial charge in [0, 0.05) is 12.3 Å². The van der Waals surface area contributed by atoms with Crippen molar-refractivity contribution in [2.75, 3.05) is 6.61 Å². The molecular weight excluding hydrogens is 224 g/mol. The maximum Gasteiger partial charge on any atom is 0.138 e. The van der Waals surface area contributed by atoms with Gasteiger partial charge in [-0.1, -0.05) is 51.9 Å². The second-order valence-corrected chi connectivity index (χ2v) is 5.77. The molecule has 2 heteroatoms. The Hall–Kier alpha value is -0.370. The fraction of sp³-hybridized carbons (Fsp3) is 0.938. The fourth-order valence-corrected chi connectivity index (χ4v) is 2.68. The Morgan fingerprint density at radius 1 is 1.06 bits per heavy atom. The molecule has 1 aliphatic rings. The van der Waals surface area contributed by atoms with E-state index >= 15 is 0 Å². The molecule has 1 saturated heterocycles. The summed E-state index contributed by atoms with van der Waals surface area (Å²) < 4.78 is 5.45. The van der Waals surface area contributed by atoms with E-state index < -0.39 is 0 Å². The first kappa shape index (κ1) is 15.7. The van der Waals surface area contributed by atoms with Crippen LogP contribution in [0.15, 0.2) is 0 Å². The van der Waals surface area contributed by atoms with Crippen LogP contribution in [0, 0.1) is 5.92 Å². The number of carbonyl (C=O) groups is 1. The Kier molecular flexibility index (Phi) is 8.32. The minimum absolute atomic E-state index is 0.199. The minimum Gasteiger partial charge on any atom is -0.378 e. The summed E-state index contributed by atoms with van der Waals surface area (Å²) >= 11 is 0. The van der Waals surface area contributed by atoms with Crippen molar-refractivity contribution in [3.63, 3.8) is 0 Å². The van der Waals surface area contributed by atoms with Crippen LogP contribution in [0.25, 0.3) is 0 Å². The lowest BCUT2D eigenvalue weighted by Crippen LogP contribution is -2.14. The van der Waals surface area contributed by atoms with Gasteiger partial charge in [0.25, 0.3) is 0 Å². The van der Waals surface area contributed by atoms with E-state index in [1.54, 1.807) is 0 Å². The van der Waals surface area contributed by atoms with Crippen LogP contribution in [0.3, 0.4) is 0 Å². The maximum atomic E-state index is 11.9. The van der Waals surface area contributed by atoms with Crippen molar-refractivity contribution in [1.29, 1.82) is 0 Å². The van der Waals surface area contributed by atoms with Crippen molar-refractivity contribution < 1.29 is 9.53 Å². The Morgan fingerprint density at radius 3 is 2.22 bits per heavy atom. The molecule has 18 heavy (non-hydrogen) atoms. The summed E-state index contributed by atoms with van der Waals surface area (Å²) in [5.41, 5.74) is 0. The number of unbranched alkanes of at least 4 members (excludes halogenated alkanes) is 7. The molecule has 0 saturated carbocycles. The van der Waals surface area contributed by atoms with E-state index in [0.29, 0.717) is 12.4 Å². The van der Waals surface area contributed by atoms with Gasteiger partial charge in [-0.05, 0) is 19.8 Å². The summed E-state index contributed by atoms with van der Waals surface area (Å²) in [7, 11) is 0. The lowest BCUT2D eigenvalue weighted by Gasteiger charge is -2.06. The average Bonchev–Trinajstić information content (AvgIpc) is 2.79. The number of hydrogen-bond acceptors (Lipinski definition) is 2. The molecule has 1 heterocycles. The molecular formula is C16H30O2. The molecule has 0 aliphatic carbocycles. The van der Waals surface area contributed by atoms with E-state index in [1.807, 2.05) is 0 Å². The fourth-order valence-electron chi connectivity index (χ4n) is 2.68. The van der Waals surface area contributed by atoms with Crippen LogP contribution in [0.5, 0.6) is 0 Å². The largest absolute Gasteiger partial charge is 0.378 e. The third-order valence-corrected chi connectivity index (χ3v) is 3.93. The summed E-state index contributed by atoms with van der Waals surface area (Å²) in [6.45, 7) is 4.97. The van der Waals surface area contributed by atoms with Crippen molar-refractivity contribution >= 4 is 5.78 Å². The number of ether oxygens (including phenoxy) is 1. The monoisotopic (exact) mass is 254 g/mol. The zero-order chi connectivity index (χ0) is 13.2.